The number of nitrogens with one attached hydrogen (secondary N) is 1. The molecule has 0 bridgehead atoms. The fourth-order valence-electron chi connectivity index (χ4n) is 1.03. The molecule has 0 radical (unpaired) electrons. The highest BCUT2D eigenvalue weighted by molar-refractivity contribution is 5.32. The molecule has 0 unspecified atom stereocenters. The van der Waals surface area contributed by atoms with Gasteiger partial charge in [0.25, 0.3) is 0 Å². The standard InChI is InChI=1S/C11H12F3N3O/c1-5-10(2,3)18-8-6-7(11(12,13)14)16-9(15-4)17-8/h1,6H,2-4H3,(H,15,16,17). The average Bonchev–Trinajstić information content (AvgIpc) is 2.27. The molecule has 0 atom stereocenters. The van der Waals surface area contributed by atoms with E-state index < -0.39 is 17.5 Å². The highest BCUT2D eigenvalue weighted by atomic mass is 19.4. The quantitative estimate of drug-likeness (QED) is 0.846. The third kappa shape index (κ3) is 3.52. The largest absolute Gasteiger partial charge is 0.458 e. The highest BCUT2D eigenvalue weighted by Gasteiger charge is 2.34. The van der Waals surface area contributed by atoms with Crippen molar-refractivity contribution < 1.29 is 17.9 Å². The molecule has 0 aromatic carbocycles. The molecule has 1 heterocycles. The topological polar surface area (TPSA) is 47.0 Å². The number of nitrogens with zero attached hydrogens (tertiary/aromatic N) is 2. The molecule has 1 aromatic rings. The Hall–Kier alpha value is -1.97. The van der Waals surface area contributed by atoms with Crippen LogP contribution in [0.3, 0.4) is 0 Å². The van der Waals surface area contributed by atoms with Crippen molar-refractivity contribution >= 4 is 5.95 Å². The minimum absolute atomic E-state index is 0.187. The molecule has 0 aliphatic rings. The van der Waals surface area contributed by atoms with Crippen molar-refractivity contribution in [2.24, 2.45) is 0 Å². The zero-order valence-corrected chi connectivity index (χ0v) is 10.1. The monoisotopic (exact) mass is 259 g/mol. The Labute approximate surface area is 103 Å². The van der Waals surface area contributed by atoms with E-state index in [9.17, 15) is 13.2 Å². The van der Waals surface area contributed by atoms with Crippen LogP contribution in [0.1, 0.15) is 19.5 Å². The first-order valence-corrected chi connectivity index (χ1v) is 4.99. The molecular weight excluding hydrogens is 247 g/mol. The number of ether oxygens (including phenoxy) is 1. The summed E-state index contributed by atoms with van der Waals surface area (Å²) in [5.74, 6) is 1.88. The molecule has 4 nitrogen and oxygen atoms in total. The van der Waals surface area contributed by atoms with E-state index in [0.29, 0.717) is 6.07 Å². The lowest BCUT2D eigenvalue weighted by molar-refractivity contribution is -0.141. The minimum atomic E-state index is -4.58. The molecule has 98 valence electrons. The summed E-state index contributed by atoms with van der Waals surface area (Å²) in [7, 11) is 1.41. The zero-order chi connectivity index (χ0) is 14.0. The van der Waals surface area contributed by atoms with Crippen LogP contribution in [0.25, 0.3) is 0 Å². The molecule has 1 rings (SSSR count). The molecule has 0 saturated carbocycles. The van der Waals surface area contributed by atoms with Crippen LogP contribution in [0, 0.1) is 12.3 Å². The van der Waals surface area contributed by atoms with Gasteiger partial charge in [0.05, 0.1) is 0 Å². The number of halogens is 3. The first kappa shape index (κ1) is 14.1. The molecule has 0 fully saturated rings. The van der Waals surface area contributed by atoms with Crippen molar-refractivity contribution in [3.05, 3.63) is 11.8 Å². The van der Waals surface area contributed by atoms with Gasteiger partial charge in [0.1, 0.15) is 0 Å². The molecular formula is C11H12F3N3O. The molecule has 1 N–H and O–H groups in total. The van der Waals surface area contributed by atoms with Crippen LogP contribution in [-0.2, 0) is 6.18 Å². The zero-order valence-electron chi connectivity index (χ0n) is 10.1. The number of rotatable bonds is 3. The van der Waals surface area contributed by atoms with E-state index >= 15 is 0 Å². The summed E-state index contributed by atoms with van der Waals surface area (Å²) in [5, 5.41) is 2.43. The van der Waals surface area contributed by atoms with Crippen LogP contribution in [0.15, 0.2) is 6.07 Å². The van der Waals surface area contributed by atoms with Gasteiger partial charge in [-0.25, -0.2) is 4.98 Å². The number of aromatic nitrogens is 2. The van der Waals surface area contributed by atoms with Gasteiger partial charge in [-0.1, -0.05) is 5.92 Å². The second kappa shape index (κ2) is 4.72. The molecule has 0 saturated heterocycles. The van der Waals surface area contributed by atoms with E-state index in [4.69, 9.17) is 11.2 Å². The molecule has 0 aliphatic heterocycles. The molecule has 7 heteroatoms. The van der Waals surface area contributed by atoms with Crippen LogP contribution in [0.5, 0.6) is 5.88 Å². The van der Waals surface area contributed by atoms with Gasteiger partial charge >= 0.3 is 6.18 Å². The van der Waals surface area contributed by atoms with Gasteiger partial charge in [-0.2, -0.15) is 18.2 Å². The summed E-state index contributed by atoms with van der Waals surface area (Å²) < 4.78 is 43.0. The van der Waals surface area contributed by atoms with Gasteiger partial charge in [-0.3, -0.25) is 0 Å². The van der Waals surface area contributed by atoms with E-state index in [-0.39, 0.29) is 11.8 Å². The second-order valence-electron chi connectivity index (χ2n) is 3.92. The Bertz CT molecular complexity index is 477. The maximum atomic E-state index is 12.6. The maximum Gasteiger partial charge on any atom is 0.433 e. The van der Waals surface area contributed by atoms with Crippen molar-refractivity contribution in [3.63, 3.8) is 0 Å². The van der Waals surface area contributed by atoms with Gasteiger partial charge in [0.2, 0.25) is 11.8 Å². The summed E-state index contributed by atoms with van der Waals surface area (Å²) >= 11 is 0. The Balaban J connectivity index is 3.18. The van der Waals surface area contributed by atoms with E-state index in [1.807, 2.05) is 0 Å². The summed E-state index contributed by atoms with van der Waals surface area (Å²) in [5.41, 5.74) is -2.15. The van der Waals surface area contributed by atoms with Gasteiger partial charge in [-0.15, -0.1) is 6.42 Å². The SMILES string of the molecule is C#CC(C)(C)Oc1cc(C(F)(F)F)nc(NC)n1. The third-order valence-corrected chi connectivity index (χ3v) is 1.92. The number of hydrogen-bond acceptors (Lipinski definition) is 4. The van der Waals surface area contributed by atoms with Gasteiger partial charge in [0.15, 0.2) is 11.3 Å². The number of anilines is 1. The van der Waals surface area contributed by atoms with Crippen LogP contribution < -0.4 is 10.1 Å². The van der Waals surface area contributed by atoms with E-state index in [1.54, 1.807) is 13.8 Å². The predicted molar refractivity (Wildman–Crippen MR) is 60.1 cm³/mol. The maximum absolute atomic E-state index is 12.6. The van der Waals surface area contributed by atoms with Crippen LogP contribution >= 0.6 is 0 Å². The van der Waals surface area contributed by atoms with Crippen molar-refractivity contribution in [2.45, 2.75) is 25.6 Å². The number of hydrogen-bond donors (Lipinski definition) is 1. The van der Waals surface area contributed by atoms with Gasteiger partial charge < -0.3 is 10.1 Å². The molecule has 0 aliphatic carbocycles. The predicted octanol–water partition coefficient (Wildman–Crippen LogP) is 2.33. The third-order valence-electron chi connectivity index (χ3n) is 1.92. The fraction of sp³-hybridized carbons (Fsp3) is 0.455. The Morgan fingerprint density at radius 3 is 2.39 bits per heavy atom. The van der Waals surface area contributed by atoms with Crippen molar-refractivity contribution in [1.82, 2.24) is 9.97 Å². The van der Waals surface area contributed by atoms with Crippen molar-refractivity contribution in [3.8, 4) is 18.2 Å². The van der Waals surface area contributed by atoms with Gasteiger partial charge in [0, 0.05) is 13.1 Å². The van der Waals surface area contributed by atoms with Gasteiger partial charge in [-0.05, 0) is 13.8 Å². The second-order valence-corrected chi connectivity index (χ2v) is 3.92. The van der Waals surface area contributed by atoms with Crippen molar-refractivity contribution in [1.29, 1.82) is 0 Å². The van der Waals surface area contributed by atoms with Crippen molar-refractivity contribution in [2.75, 3.05) is 12.4 Å². The van der Waals surface area contributed by atoms with Crippen LogP contribution in [-0.4, -0.2) is 22.6 Å². The molecule has 18 heavy (non-hydrogen) atoms. The number of alkyl halides is 3. The minimum Gasteiger partial charge on any atom is -0.458 e. The lowest BCUT2D eigenvalue weighted by Gasteiger charge is -2.20. The first-order valence-electron chi connectivity index (χ1n) is 4.99. The van der Waals surface area contributed by atoms with Crippen LogP contribution in [0.2, 0.25) is 0 Å². The summed E-state index contributed by atoms with van der Waals surface area (Å²) in [6, 6.07) is 0.708. The van der Waals surface area contributed by atoms with E-state index in [1.165, 1.54) is 7.05 Å². The molecule has 1 aromatic heterocycles. The summed E-state index contributed by atoms with van der Waals surface area (Å²) in [6.07, 6.45) is 0.616. The summed E-state index contributed by atoms with van der Waals surface area (Å²) in [6.45, 7) is 3.09. The van der Waals surface area contributed by atoms with E-state index in [0.717, 1.165) is 0 Å². The van der Waals surface area contributed by atoms with Crippen LogP contribution in [0.4, 0.5) is 19.1 Å². The van der Waals surface area contributed by atoms with E-state index in [2.05, 4.69) is 21.2 Å². The Kier molecular flexibility index (Phi) is 3.70. The Morgan fingerprint density at radius 2 is 1.94 bits per heavy atom. The highest BCUT2D eigenvalue weighted by Crippen LogP contribution is 2.30. The normalized spacial score (nSPS) is 11.8. The Morgan fingerprint density at radius 1 is 1.33 bits per heavy atom. The fourth-order valence-corrected chi connectivity index (χ4v) is 1.03. The lowest BCUT2D eigenvalue weighted by atomic mass is 10.1. The lowest BCUT2D eigenvalue weighted by Crippen LogP contribution is -2.26. The molecule has 0 spiro atoms. The smallest absolute Gasteiger partial charge is 0.433 e. The molecule has 0 amide bonds. The summed E-state index contributed by atoms with van der Waals surface area (Å²) in [4.78, 5) is 7.06. The first-order chi connectivity index (χ1) is 8.18. The average molecular weight is 259 g/mol. The number of terminal acetylenes is 1.